The number of fused-ring (bicyclic) bond motifs is 5. The molecule has 0 amide bonds. The van der Waals surface area contributed by atoms with Gasteiger partial charge in [-0.25, -0.2) is 0 Å². The van der Waals surface area contributed by atoms with Crippen LogP contribution < -0.4 is 0 Å². The fourth-order valence-electron chi connectivity index (χ4n) is 6.53. The summed E-state index contributed by atoms with van der Waals surface area (Å²) >= 11 is 0. The average Bonchev–Trinajstić information content (AvgIpc) is 2.76. The third kappa shape index (κ3) is 1.78. The van der Waals surface area contributed by atoms with Crippen molar-refractivity contribution in [3.05, 3.63) is 11.6 Å². The molecule has 4 unspecified atom stereocenters. The summed E-state index contributed by atoms with van der Waals surface area (Å²) in [7, 11) is 0. The molecule has 3 fully saturated rings. The standard InChI is InChI=1S/C19H28O2/c1-18-9-7-13(20)11-12(18)3-4-14-15-5-6-17(21)19(15,2)10-8-16(14)18/h11,14-17,21H,3-10H2,1-2H3/t14?,15?,16?,17-,18?,19-/m0/s1. The number of carbonyl (C=O) groups excluding carboxylic acids is 1. The van der Waals surface area contributed by atoms with Crippen molar-refractivity contribution in [1.82, 2.24) is 0 Å². The van der Waals surface area contributed by atoms with E-state index in [9.17, 15) is 9.90 Å². The second-order valence-corrected chi connectivity index (χ2v) is 8.61. The van der Waals surface area contributed by atoms with E-state index < -0.39 is 0 Å². The van der Waals surface area contributed by atoms with Crippen LogP contribution in [0.5, 0.6) is 0 Å². The zero-order valence-electron chi connectivity index (χ0n) is 13.4. The number of carbonyl (C=O) groups is 1. The van der Waals surface area contributed by atoms with Gasteiger partial charge in [0.15, 0.2) is 5.78 Å². The van der Waals surface area contributed by atoms with E-state index in [2.05, 4.69) is 13.8 Å². The number of aliphatic hydroxyl groups is 1. The van der Waals surface area contributed by atoms with Crippen molar-refractivity contribution in [3.8, 4) is 0 Å². The van der Waals surface area contributed by atoms with Gasteiger partial charge in [0.25, 0.3) is 0 Å². The number of hydrogen-bond donors (Lipinski definition) is 1. The minimum atomic E-state index is -0.0823. The van der Waals surface area contributed by atoms with E-state index in [-0.39, 0.29) is 16.9 Å². The zero-order valence-corrected chi connectivity index (χ0v) is 13.4. The van der Waals surface area contributed by atoms with Gasteiger partial charge in [0, 0.05) is 6.42 Å². The lowest BCUT2D eigenvalue weighted by Crippen LogP contribution is -2.51. The lowest BCUT2D eigenvalue weighted by Gasteiger charge is -2.57. The summed E-state index contributed by atoms with van der Waals surface area (Å²) in [6, 6.07) is 0. The molecular weight excluding hydrogens is 260 g/mol. The van der Waals surface area contributed by atoms with Gasteiger partial charge < -0.3 is 5.11 Å². The van der Waals surface area contributed by atoms with Gasteiger partial charge >= 0.3 is 0 Å². The van der Waals surface area contributed by atoms with Crippen LogP contribution in [-0.4, -0.2) is 17.0 Å². The second kappa shape index (κ2) is 4.44. The Labute approximate surface area is 128 Å². The van der Waals surface area contributed by atoms with Crippen molar-refractivity contribution in [3.63, 3.8) is 0 Å². The molecule has 4 aliphatic rings. The highest BCUT2D eigenvalue weighted by Crippen LogP contribution is 2.65. The van der Waals surface area contributed by atoms with Crippen molar-refractivity contribution >= 4 is 5.78 Å². The third-order valence-electron chi connectivity index (χ3n) is 7.91. The quantitative estimate of drug-likeness (QED) is 0.734. The Balaban J connectivity index is 1.69. The Hall–Kier alpha value is -0.630. The summed E-state index contributed by atoms with van der Waals surface area (Å²) < 4.78 is 0. The molecule has 0 spiro atoms. The molecule has 4 aliphatic carbocycles. The maximum absolute atomic E-state index is 11.8. The van der Waals surface area contributed by atoms with Gasteiger partial charge in [0.05, 0.1) is 6.10 Å². The van der Waals surface area contributed by atoms with Crippen LogP contribution in [0.4, 0.5) is 0 Å². The van der Waals surface area contributed by atoms with Crippen molar-refractivity contribution in [2.24, 2.45) is 28.6 Å². The van der Waals surface area contributed by atoms with Crippen LogP contribution in [0.1, 0.15) is 65.2 Å². The number of allylic oxidation sites excluding steroid dienone is 1. The van der Waals surface area contributed by atoms with Crippen molar-refractivity contribution in [2.75, 3.05) is 0 Å². The molecule has 2 nitrogen and oxygen atoms in total. The minimum Gasteiger partial charge on any atom is -0.393 e. The summed E-state index contributed by atoms with van der Waals surface area (Å²) in [6.07, 6.45) is 10.7. The van der Waals surface area contributed by atoms with Crippen LogP contribution in [0, 0.1) is 28.6 Å². The lowest BCUT2D eigenvalue weighted by atomic mass is 9.47. The highest BCUT2D eigenvalue weighted by Gasteiger charge is 2.58. The summed E-state index contributed by atoms with van der Waals surface area (Å²) in [6.45, 7) is 4.76. The molecule has 4 rings (SSSR count). The van der Waals surface area contributed by atoms with Crippen LogP contribution in [0.2, 0.25) is 0 Å². The van der Waals surface area contributed by atoms with Crippen LogP contribution in [0.15, 0.2) is 11.6 Å². The summed E-state index contributed by atoms with van der Waals surface area (Å²) in [5.41, 5.74) is 1.89. The molecule has 0 aromatic rings. The van der Waals surface area contributed by atoms with E-state index in [0.717, 1.165) is 37.5 Å². The predicted octanol–water partition coefficient (Wildman–Crippen LogP) is 3.88. The number of aliphatic hydroxyl groups excluding tert-OH is 1. The van der Waals surface area contributed by atoms with E-state index >= 15 is 0 Å². The molecule has 116 valence electrons. The topological polar surface area (TPSA) is 37.3 Å². The highest BCUT2D eigenvalue weighted by molar-refractivity contribution is 5.91. The monoisotopic (exact) mass is 288 g/mol. The third-order valence-corrected chi connectivity index (χ3v) is 7.91. The second-order valence-electron chi connectivity index (χ2n) is 8.61. The van der Waals surface area contributed by atoms with Gasteiger partial charge in [-0.1, -0.05) is 19.4 Å². The molecule has 3 saturated carbocycles. The van der Waals surface area contributed by atoms with Crippen molar-refractivity contribution < 1.29 is 9.90 Å². The molecule has 0 bridgehead atoms. The Morgan fingerprint density at radius 3 is 2.67 bits per heavy atom. The first-order chi connectivity index (χ1) is 9.95. The van der Waals surface area contributed by atoms with E-state index in [1.54, 1.807) is 0 Å². The highest BCUT2D eigenvalue weighted by atomic mass is 16.3. The summed E-state index contributed by atoms with van der Waals surface area (Å²) in [4.78, 5) is 11.8. The molecule has 0 aromatic carbocycles. The molecular formula is C19H28O2. The number of hydrogen-bond acceptors (Lipinski definition) is 2. The number of rotatable bonds is 0. The summed E-state index contributed by atoms with van der Waals surface area (Å²) in [5.74, 6) is 2.57. The lowest BCUT2D eigenvalue weighted by molar-refractivity contribution is -0.118. The minimum absolute atomic E-state index is 0.0823. The molecule has 0 heterocycles. The maximum atomic E-state index is 11.8. The molecule has 0 aliphatic heterocycles. The Morgan fingerprint density at radius 2 is 1.86 bits per heavy atom. The molecule has 0 saturated heterocycles. The van der Waals surface area contributed by atoms with Gasteiger partial charge in [-0.05, 0) is 79.6 Å². The van der Waals surface area contributed by atoms with E-state index in [1.807, 2.05) is 6.08 Å². The van der Waals surface area contributed by atoms with Crippen LogP contribution in [0.3, 0.4) is 0 Å². The van der Waals surface area contributed by atoms with Crippen LogP contribution >= 0.6 is 0 Å². The van der Waals surface area contributed by atoms with Gasteiger partial charge in [0.1, 0.15) is 0 Å². The largest absolute Gasteiger partial charge is 0.393 e. The first-order valence-electron chi connectivity index (χ1n) is 8.87. The normalized spacial score (nSPS) is 52.7. The molecule has 1 N–H and O–H groups in total. The van der Waals surface area contributed by atoms with Gasteiger partial charge in [-0.3, -0.25) is 4.79 Å². The first-order valence-corrected chi connectivity index (χ1v) is 8.87. The maximum Gasteiger partial charge on any atom is 0.155 e. The SMILES string of the molecule is CC12CCC(=O)C=C1CCC1C2CC[C@@]2(C)C1CC[C@@H]2O. The molecule has 0 radical (unpaired) electrons. The Bertz CT molecular complexity index is 508. The molecule has 21 heavy (non-hydrogen) atoms. The van der Waals surface area contributed by atoms with E-state index in [4.69, 9.17) is 0 Å². The van der Waals surface area contributed by atoms with Crippen LogP contribution in [-0.2, 0) is 4.79 Å². The van der Waals surface area contributed by atoms with Gasteiger partial charge in [0.2, 0.25) is 0 Å². The Kier molecular flexibility index (Phi) is 2.96. The van der Waals surface area contributed by atoms with E-state index in [0.29, 0.717) is 11.7 Å². The zero-order chi connectivity index (χ0) is 14.8. The molecule has 6 atom stereocenters. The number of ketones is 1. The van der Waals surface area contributed by atoms with Crippen molar-refractivity contribution in [2.45, 2.75) is 71.3 Å². The first kappa shape index (κ1) is 14.0. The fraction of sp³-hybridized carbons (Fsp3) is 0.842. The predicted molar refractivity (Wildman–Crippen MR) is 82.7 cm³/mol. The summed E-state index contributed by atoms with van der Waals surface area (Å²) in [5, 5.41) is 10.4. The van der Waals surface area contributed by atoms with Crippen LogP contribution in [0.25, 0.3) is 0 Å². The van der Waals surface area contributed by atoms with E-state index in [1.165, 1.54) is 31.3 Å². The molecule has 2 heteroatoms. The smallest absolute Gasteiger partial charge is 0.155 e. The van der Waals surface area contributed by atoms with Crippen molar-refractivity contribution in [1.29, 1.82) is 0 Å². The fourth-order valence-corrected chi connectivity index (χ4v) is 6.53. The Morgan fingerprint density at radius 1 is 1.05 bits per heavy atom. The average molecular weight is 288 g/mol. The molecule has 0 aromatic heterocycles. The van der Waals surface area contributed by atoms with Gasteiger partial charge in [-0.2, -0.15) is 0 Å². The van der Waals surface area contributed by atoms with Gasteiger partial charge in [-0.15, -0.1) is 0 Å².